The Kier molecular flexibility index (Phi) is 2.85. The average Bonchev–Trinajstić information content (AvgIpc) is 2.43. The normalized spacial score (nSPS) is 17.9. The summed E-state index contributed by atoms with van der Waals surface area (Å²) in [7, 11) is 0. The van der Waals surface area contributed by atoms with Gasteiger partial charge in [0.1, 0.15) is 6.04 Å². The lowest BCUT2D eigenvalue weighted by atomic mass is 10.2. The molecule has 1 heterocycles. The van der Waals surface area contributed by atoms with Gasteiger partial charge in [-0.15, -0.1) is 6.58 Å². The smallest absolute Gasteiger partial charge is 0.327 e. The summed E-state index contributed by atoms with van der Waals surface area (Å²) in [5, 5.41) is 11.0. The Morgan fingerprint density at radius 3 is 2.71 bits per heavy atom. The molecule has 0 aromatic carbocycles. The summed E-state index contributed by atoms with van der Waals surface area (Å²) in [6, 6.07) is -1.81. The van der Waals surface area contributed by atoms with E-state index in [0.717, 1.165) is 0 Å². The molecule has 1 aliphatic heterocycles. The van der Waals surface area contributed by atoms with Crippen LogP contribution in [-0.2, 0) is 9.59 Å². The Morgan fingerprint density at radius 1 is 1.71 bits per heavy atom. The monoisotopic (exact) mass is 198 g/mol. The molecule has 0 bridgehead atoms. The van der Waals surface area contributed by atoms with Crippen molar-refractivity contribution in [2.45, 2.75) is 12.5 Å². The molecule has 14 heavy (non-hydrogen) atoms. The topological polar surface area (TPSA) is 86.7 Å². The summed E-state index contributed by atoms with van der Waals surface area (Å²) >= 11 is 0. The molecule has 1 saturated heterocycles. The fraction of sp³-hybridized carbons (Fsp3) is 0.375. The van der Waals surface area contributed by atoms with Crippen LogP contribution in [0.4, 0.5) is 4.79 Å². The fourth-order valence-corrected chi connectivity index (χ4v) is 1.22. The van der Waals surface area contributed by atoms with Gasteiger partial charge < -0.3 is 10.4 Å². The number of urea groups is 1. The number of hydrogen-bond acceptors (Lipinski definition) is 3. The summed E-state index contributed by atoms with van der Waals surface area (Å²) in [4.78, 5) is 33.7. The third kappa shape index (κ3) is 1.73. The second kappa shape index (κ2) is 3.91. The zero-order valence-electron chi connectivity index (χ0n) is 7.40. The zero-order chi connectivity index (χ0) is 10.7. The number of carboxylic acids is 1. The van der Waals surface area contributed by atoms with Crippen molar-refractivity contribution in [2.24, 2.45) is 0 Å². The van der Waals surface area contributed by atoms with Crippen molar-refractivity contribution in [2.75, 3.05) is 6.54 Å². The number of nitrogens with one attached hydrogen (secondary N) is 1. The van der Waals surface area contributed by atoms with Crippen molar-refractivity contribution >= 4 is 17.9 Å². The lowest BCUT2D eigenvalue weighted by molar-refractivity contribution is -0.146. The maximum atomic E-state index is 11.2. The molecule has 1 aliphatic rings. The minimum absolute atomic E-state index is 0.0501. The van der Waals surface area contributed by atoms with Gasteiger partial charge in [0.05, 0.1) is 6.54 Å². The van der Waals surface area contributed by atoms with Crippen molar-refractivity contribution in [3.05, 3.63) is 12.7 Å². The van der Waals surface area contributed by atoms with Crippen LogP contribution in [0.15, 0.2) is 12.7 Å². The molecule has 6 nitrogen and oxygen atoms in total. The third-order valence-electron chi connectivity index (χ3n) is 1.86. The molecule has 0 aliphatic carbocycles. The van der Waals surface area contributed by atoms with Gasteiger partial charge in [-0.2, -0.15) is 0 Å². The third-order valence-corrected chi connectivity index (χ3v) is 1.86. The van der Waals surface area contributed by atoms with Gasteiger partial charge in [-0.3, -0.25) is 4.79 Å². The molecule has 2 N–H and O–H groups in total. The number of aliphatic carboxylic acids is 1. The van der Waals surface area contributed by atoms with Crippen LogP contribution in [0, 0.1) is 0 Å². The Bertz CT molecular complexity index is 284. The van der Waals surface area contributed by atoms with E-state index in [1.54, 1.807) is 0 Å². The van der Waals surface area contributed by atoms with Crippen LogP contribution in [-0.4, -0.2) is 40.5 Å². The number of nitrogens with zero attached hydrogens (tertiary/aromatic N) is 1. The predicted molar refractivity (Wildman–Crippen MR) is 46.5 cm³/mol. The van der Waals surface area contributed by atoms with E-state index in [9.17, 15) is 14.4 Å². The van der Waals surface area contributed by atoms with Gasteiger partial charge >= 0.3 is 12.0 Å². The molecular weight excluding hydrogens is 188 g/mol. The van der Waals surface area contributed by atoms with E-state index >= 15 is 0 Å². The van der Waals surface area contributed by atoms with Gasteiger partial charge in [0.2, 0.25) is 0 Å². The number of imide groups is 1. The minimum atomic E-state index is -1.21. The summed E-state index contributed by atoms with van der Waals surface area (Å²) < 4.78 is 0. The highest BCUT2D eigenvalue weighted by molar-refractivity contribution is 6.04. The largest absolute Gasteiger partial charge is 0.480 e. The first-order valence-electron chi connectivity index (χ1n) is 4.01. The first-order chi connectivity index (χ1) is 6.57. The van der Waals surface area contributed by atoms with Gasteiger partial charge in [-0.1, -0.05) is 6.08 Å². The molecule has 0 saturated carbocycles. The first kappa shape index (κ1) is 10.2. The number of amides is 3. The second-order valence-corrected chi connectivity index (χ2v) is 2.80. The van der Waals surface area contributed by atoms with E-state index in [1.165, 1.54) is 6.08 Å². The molecule has 3 amide bonds. The van der Waals surface area contributed by atoms with E-state index in [-0.39, 0.29) is 13.0 Å². The number of hydrogen-bond donors (Lipinski definition) is 2. The molecule has 0 radical (unpaired) electrons. The lowest BCUT2D eigenvalue weighted by Crippen LogP contribution is -2.45. The van der Waals surface area contributed by atoms with Gasteiger partial charge in [0.25, 0.3) is 5.91 Å². The number of carbonyl (C=O) groups is 3. The maximum absolute atomic E-state index is 11.2. The van der Waals surface area contributed by atoms with Crippen LogP contribution in [0.3, 0.4) is 0 Å². The highest BCUT2D eigenvalue weighted by Crippen LogP contribution is 2.10. The highest BCUT2D eigenvalue weighted by Gasteiger charge is 2.37. The van der Waals surface area contributed by atoms with Crippen molar-refractivity contribution in [1.29, 1.82) is 0 Å². The molecular formula is C8H10N2O4. The van der Waals surface area contributed by atoms with Gasteiger partial charge in [-0.05, 0) is 6.42 Å². The van der Waals surface area contributed by atoms with E-state index < -0.39 is 23.9 Å². The van der Waals surface area contributed by atoms with Crippen molar-refractivity contribution < 1.29 is 19.5 Å². The molecule has 1 fully saturated rings. The molecule has 1 unspecified atom stereocenters. The Hall–Kier alpha value is -1.85. The van der Waals surface area contributed by atoms with Crippen LogP contribution >= 0.6 is 0 Å². The molecule has 1 rings (SSSR count). The van der Waals surface area contributed by atoms with E-state index in [1.807, 2.05) is 0 Å². The number of carbonyl (C=O) groups excluding carboxylic acids is 2. The molecule has 0 aromatic rings. The second-order valence-electron chi connectivity index (χ2n) is 2.80. The van der Waals surface area contributed by atoms with Gasteiger partial charge in [-0.25, -0.2) is 14.5 Å². The quantitative estimate of drug-likeness (QED) is 0.474. The van der Waals surface area contributed by atoms with Crippen molar-refractivity contribution in [3.8, 4) is 0 Å². The minimum Gasteiger partial charge on any atom is -0.480 e. The summed E-state index contributed by atoms with van der Waals surface area (Å²) in [6.07, 6.45) is 1.41. The Morgan fingerprint density at radius 2 is 2.36 bits per heavy atom. The van der Waals surface area contributed by atoms with Crippen molar-refractivity contribution in [1.82, 2.24) is 10.2 Å². The summed E-state index contributed by atoms with van der Waals surface area (Å²) in [6.45, 7) is 3.23. The van der Waals surface area contributed by atoms with Crippen LogP contribution in [0.5, 0.6) is 0 Å². The number of carboxylic acid groups (broad SMARTS) is 1. The van der Waals surface area contributed by atoms with Gasteiger partial charge in [0, 0.05) is 0 Å². The standard InChI is InChI=1S/C8H10N2O4/c1-2-3-5(7(12)13)10-6(11)4-9-8(10)14/h2,5H,1,3-4H2,(H,9,14)(H,12,13). The molecule has 0 aromatic heterocycles. The van der Waals surface area contributed by atoms with Crippen LogP contribution < -0.4 is 5.32 Å². The lowest BCUT2D eigenvalue weighted by Gasteiger charge is -2.19. The Labute approximate surface area is 80.2 Å². The molecule has 76 valence electrons. The summed E-state index contributed by atoms with van der Waals surface area (Å²) in [5.74, 6) is -1.74. The SMILES string of the molecule is C=CCC(C(=O)O)N1C(=O)CNC1=O. The van der Waals surface area contributed by atoms with Crippen LogP contribution in [0.2, 0.25) is 0 Å². The van der Waals surface area contributed by atoms with Crippen LogP contribution in [0.1, 0.15) is 6.42 Å². The first-order valence-corrected chi connectivity index (χ1v) is 4.01. The van der Waals surface area contributed by atoms with E-state index in [0.29, 0.717) is 4.90 Å². The number of rotatable bonds is 4. The van der Waals surface area contributed by atoms with E-state index in [4.69, 9.17) is 5.11 Å². The highest BCUT2D eigenvalue weighted by atomic mass is 16.4. The molecule has 6 heteroatoms. The maximum Gasteiger partial charge on any atom is 0.327 e. The Balaban J connectivity index is 2.86. The van der Waals surface area contributed by atoms with Crippen molar-refractivity contribution in [3.63, 3.8) is 0 Å². The average molecular weight is 198 g/mol. The summed E-state index contributed by atoms with van der Waals surface area (Å²) in [5.41, 5.74) is 0. The predicted octanol–water partition coefficient (Wildman–Crippen LogP) is -0.432. The molecule has 0 spiro atoms. The van der Waals surface area contributed by atoms with Crippen LogP contribution in [0.25, 0.3) is 0 Å². The fourth-order valence-electron chi connectivity index (χ4n) is 1.22. The van der Waals surface area contributed by atoms with Gasteiger partial charge in [0.15, 0.2) is 0 Å². The van der Waals surface area contributed by atoms with E-state index in [2.05, 4.69) is 11.9 Å². The molecule has 1 atom stereocenters. The zero-order valence-corrected chi connectivity index (χ0v) is 7.40.